The van der Waals surface area contributed by atoms with E-state index in [1.807, 2.05) is 6.92 Å². The molecule has 1 heterocycles. The lowest BCUT2D eigenvalue weighted by molar-refractivity contribution is 0.238. The summed E-state index contributed by atoms with van der Waals surface area (Å²) in [5.74, 6) is -0.585. The van der Waals surface area contributed by atoms with Gasteiger partial charge in [0.2, 0.25) is 10.0 Å². The van der Waals surface area contributed by atoms with Gasteiger partial charge in [0.05, 0.1) is 9.37 Å². The summed E-state index contributed by atoms with van der Waals surface area (Å²) in [6, 6.07) is 3.80. The Morgan fingerprint density at radius 3 is 2.76 bits per heavy atom. The van der Waals surface area contributed by atoms with Crippen LogP contribution in [0.25, 0.3) is 0 Å². The maximum atomic E-state index is 13.4. The highest BCUT2D eigenvalue weighted by molar-refractivity contribution is 9.10. The van der Waals surface area contributed by atoms with E-state index in [0.717, 1.165) is 32.0 Å². The summed E-state index contributed by atoms with van der Waals surface area (Å²) in [5, 5.41) is 3.27. The van der Waals surface area contributed by atoms with Crippen LogP contribution < -0.4 is 10.0 Å². The van der Waals surface area contributed by atoms with E-state index in [4.69, 9.17) is 0 Å². The van der Waals surface area contributed by atoms with Gasteiger partial charge in [-0.25, -0.2) is 17.5 Å². The Hall–Kier alpha value is -0.210. The number of sulfonamides is 1. The predicted octanol–water partition coefficient (Wildman–Crippen LogP) is 2.68. The van der Waals surface area contributed by atoms with Gasteiger partial charge in [0.25, 0.3) is 0 Å². The molecule has 0 aliphatic carbocycles. The summed E-state index contributed by atoms with van der Waals surface area (Å²) in [7, 11) is -3.68. The zero-order valence-electron chi connectivity index (χ0n) is 11.7. The van der Waals surface area contributed by atoms with Crippen LogP contribution in [0.4, 0.5) is 4.39 Å². The van der Waals surface area contributed by atoms with Crippen LogP contribution in [-0.2, 0) is 10.0 Å². The van der Waals surface area contributed by atoms with Crippen molar-refractivity contribution in [2.45, 2.75) is 24.7 Å². The highest BCUT2D eigenvalue weighted by Gasteiger charge is 2.28. The molecule has 1 fully saturated rings. The number of nitrogens with one attached hydrogen (secondary N) is 2. The minimum Gasteiger partial charge on any atom is -0.316 e. The monoisotopic (exact) mass is 400 g/mol. The topological polar surface area (TPSA) is 58.2 Å². The predicted molar refractivity (Wildman–Crippen MR) is 86.7 cm³/mol. The molecule has 1 unspecified atom stereocenters. The van der Waals surface area contributed by atoms with Crippen molar-refractivity contribution in [1.29, 1.82) is 0 Å². The quantitative estimate of drug-likeness (QED) is 0.815. The first kappa shape index (κ1) is 18.8. The van der Waals surface area contributed by atoms with Gasteiger partial charge in [-0.2, -0.15) is 0 Å². The molecule has 0 radical (unpaired) electrons. The third-order valence-corrected chi connectivity index (χ3v) is 5.62. The Bertz CT molecular complexity index is 592. The Kier molecular flexibility index (Phi) is 6.61. The first-order valence-electron chi connectivity index (χ1n) is 6.48. The van der Waals surface area contributed by atoms with Crippen molar-refractivity contribution in [2.75, 3.05) is 19.6 Å². The van der Waals surface area contributed by atoms with Crippen molar-refractivity contribution >= 4 is 38.4 Å². The van der Waals surface area contributed by atoms with Gasteiger partial charge in [-0.3, -0.25) is 0 Å². The van der Waals surface area contributed by atoms with Crippen molar-refractivity contribution in [2.24, 2.45) is 5.41 Å². The molecule has 0 aromatic heterocycles. The summed E-state index contributed by atoms with van der Waals surface area (Å²) in [4.78, 5) is -0.0504. The largest absolute Gasteiger partial charge is 0.316 e. The van der Waals surface area contributed by atoms with Crippen LogP contribution >= 0.6 is 28.3 Å². The third-order valence-electron chi connectivity index (χ3n) is 3.58. The second-order valence-electron chi connectivity index (χ2n) is 5.49. The molecule has 1 aliphatic heterocycles. The zero-order chi connectivity index (χ0) is 14.8. The Balaban J connectivity index is 0.00000220. The second kappa shape index (κ2) is 7.37. The van der Waals surface area contributed by atoms with Crippen molar-refractivity contribution < 1.29 is 12.8 Å². The van der Waals surface area contributed by atoms with Gasteiger partial charge in [-0.1, -0.05) is 6.92 Å². The van der Waals surface area contributed by atoms with E-state index in [9.17, 15) is 12.8 Å². The smallest absolute Gasteiger partial charge is 0.240 e. The Labute approximate surface area is 139 Å². The van der Waals surface area contributed by atoms with Gasteiger partial charge in [0, 0.05) is 13.1 Å². The maximum Gasteiger partial charge on any atom is 0.240 e. The molecule has 1 atom stereocenters. The molecular formula is C13H19BrClFN2O2S. The summed E-state index contributed by atoms with van der Waals surface area (Å²) in [5.41, 5.74) is -0.0980. The third kappa shape index (κ3) is 4.89. The molecule has 2 N–H and O–H groups in total. The standard InChI is InChI=1S/C13H18BrFN2O2S.ClH/c1-13(5-2-6-16-8-13)9-17-20(18,19)10-3-4-11(14)12(15)7-10;/h3-4,7,16-17H,2,5-6,8-9H2,1H3;1H. The van der Waals surface area contributed by atoms with E-state index in [1.54, 1.807) is 0 Å². The van der Waals surface area contributed by atoms with Gasteiger partial charge < -0.3 is 5.32 Å². The Morgan fingerprint density at radius 1 is 1.48 bits per heavy atom. The molecule has 1 aliphatic rings. The first-order chi connectivity index (χ1) is 9.32. The van der Waals surface area contributed by atoms with Gasteiger partial charge in [0.1, 0.15) is 5.82 Å². The number of piperidine rings is 1. The molecule has 0 amide bonds. The minimum absolute atomic E-state index is 0. The zero-order valence-corrected chi connectivity index (χ0v) is 14.9. The first-order valence-corrected chi connectivity index (χ1v) is 8.76. The van der Waals surface area contributed by atoms with E-state index in [2.05, 4.69) is 26.0 Å². The van der Waals surface area contributed by atoms with Crippen molar-refractivity contribution in [3.63, 3.8) is 0 Å². The van der Waals surface area contributed by atoms with E-state index in [-0.39, 0.29) is 27.2 Å². The van der Waals surface area contributed by atoms with Crippen LogP contribution in [-0.4, -0.2) is 28.1 Å². The molecule has 1 aromatic carbocycles. The number of hydrogen-bond donors (Lipinski definition) is 2. The fourth-order valence-electron chi connectivity index (χ4n) is 2.27. The van der Waals surface area contributed by atoms with Crippen LogP contribution in [0.2, 0.25) is 0 Å². The Morgan fingerprint density at radius 2 is 2.19 bits per heavy atom. The molecule has 8 heteroatoms. The molecule has 0 saturated carbocycles. The van der Waals surface area contributed by atoms with Crippen LogP contribution in [0.1, 0.15) is 19.8 Å². The highest BCUT2D eigenvalue weighted by atomic mass is 79.9. The molecule has 1 aromatic rings. The minimum atomic E-state index is -3.68. The van der Waals surface area contributed by atoms with Gasteiger partial charge >= 0.3 is 0 Å². The van der Waals surface area contributed by atoms with Crippen molar-refractivity contribution in [3.8, 4) is 0 Å². The fourth-order valence-corrected chi connectivity index (χ4v) is 3.72. The highest BCUT2D eigenvalue weighted by Crippen LogP contribution is 2.25. The van der Waals surface area contributed by atoms with Crippen LogP contribution in [0, 0.1) is 11.2 Å². The molecule has 0 spiro atoms. The molecule has 1 saturated heterocycles. The van der Waals surface area contributed by atoms with Gasteiger partial charge in [-0.05, 0) is 58.9 Å². The number of benzene rings is 1. The fraction of sp³-hybridized carbons (Fsp3) is 0.538. The molecule has 0 bridgehead atoms. The summed E-state index contributed by atoms with van der Waals surface area (Å²) in [6.45, 7) is 4.15. The molecule has 4 nitrogen and oxygen atoms in total. The van der Waals surface area contributed by atoms with E-state index in [0.29, 0.717) is 6.54 Å². The normalized spacial score (nSPS) is 22.6. The van der Waals surface area contributed by atoms with Gasteiger partial charge in [-0.15, -0.1) is 12.4 Å². The van der Waals surface area contributed by atoms with E-state index >= 15 is 0 Å². The van der Waals surface area contributed by atoms with Crippen molar-refractivity contribution in [3.05, 3.63) is 28.5 Å². The number of halogens is 3. The average molecular weight is 402 g/mol. The van der Waals surface area contributed by atoms with E-state index < -0.39 is 15.8 Å². The summed E-state index contributed by atoms with van der Waals surface area (Å²) >= 11 is 3.01. The van der Waals surface area contributed by atoms with Crippen molar-refractivity contribution in [1.82, 2.24) is 10.0 Å². The summed E-state index contributed by atoms with van der Waals surface area (Å²) in [6.07, 6.45) is 2.00. The van der Waals surface area contributed by atoms with Crippen LogP contribution in [0.15, 0.2) is 27.6 Å². The lowest BCUT2D eigenvalue weighted by atomic mass is 9.83. The number of rotatable bonds is 4. The van der Waals surface area contributed by atoms with Crippen LogP contribution in [0.3, 0.4) is 0 Å². The lowest BCUT2D eigenvalue weighted by Gasteiger charge is -2.34. The molecular weight excluding hydrogens is 383 g/mol. The lowest BCUT2D eigenvalue weighted by Crippen LogP contribution is -2.45. The second-order valence-corrected chi connectivity index (χ2v) is 8.11. The molecule has 2 rings (SSSR count). The molecule has 21 heavy (non-hydrogen) atoms. The average Bonchev–Trinajstić information content (AvgIpc) is 2.41. The number of hydrogen-bond acceptors (Lipinski definition) is 3. The molecule has 120 valence electrons. The SMILES string of the molecule is CC1(CNS(=O)(=O)c2ccc(Br)c(F)c2)CCCNC1.Cl. The maximum absolute atomic E-state index is 13.4. The van der Waals surface area contributed by atoms with E-state index in [1.165, 1.54) is 12.1 Å². The van der Waals surface area contributed by atoms with Gasteiger partial charge in [0.15, 0.2) is 0 Å². The summed E-state index contributed by atoms with van der Waals surface area (Å²) < 4.78 is 40.6. The van der Waals surface area contributed by atoms with Crippen LogP contribution in [0.5, 0.6) is 0 Å².